The summed E-state index contributed by atoms with van der Waals surface area (Å²) in [6.07, 6.45) is 3.73. The number of halogens is 1. The molecule has 0 unspecified atom stereocenters. The molecule has 0 spiro atoms. The summed E-state index contributed by atoms with van der Waals surface area (Å²) in [4.78, 5) is 0. The van der Waals surface area contributed by atoms with Crippen molar-refractivity contribution < 1.29 is 4.73 Å². The van der Waals surface area contributed by atoms with Crippen LogP contribution in [0.1, 0.15) is 24.5 Å². The molecule has 1 aliphatic heterocycles. The van der Waals surface area contributed by atoms with E-state index in [4.69, 9.17) is 0 Å². The van der Waals surface area contributed by atoms with Crippen LogP contribution in [0, 0.1) is 5.21 Å². The Labute approximate surface area is 90.1 Å². The van der Waals surface area contributed by atoms with Crippen molar-refractivity contribution >= 4 is 12.4 Å². The fraction of sp³-hybridized carbons (Fsp3) is 0.500. The molecule has 2 heterocycles. The standard InChI is InChI=1S/C10H14N2O.ClH/c13-12-8-2-1-3-10(12)9-4-6-11-7-5-9;/h1-3,8-9,11H,4-7H2;1H. The number of pyridine rings is 1. The molecular formula is C10H15ClN2O. The van der Waals surface area contributed by atoms with Crippen LogP contribution in [-0.2, 0) is 0 Å². The van der Waals surface area contributed by atoms with Crippen LogP contribution in [0.3, 0.4) is 0 Å². The smallest absolute Gasteiger partial charge is 0.195 e. The van der Waals surface area contributed by atoms with Crippen LogP contribution in [0.5, 0.6) is 0 Å². The van der Waals surface area contributed by atoms with Crippen molar-refractivity contribution in [2.24, 2.45) is 0 Å². The Morgan fingerprint density at radius 2 is 2.00 bits per heavy atom. The average Bonchev–Trinajstić information content (AvgIpc) is 2.20. The highest BCUT2D eigenvalue weighted by Gasteiger charge is 2.21. The minimum Gasteiger partial charge on any atom is -0.618 e. The number of rotatable bonds is 1. The van der Waals surface area contributed by atoms with E-state index in [9.17, 15) is 5.21 Å². The van der Waals surface area contributed by atoms with E-state index >= 15 is 0 Å². The van der Waals surface area contributed by atoms with E-state index in [0.717, 1.165) is 36.4 Å². The quantitative estimate of drug-likeness (QED) is 0.564. The highest BCUT2D eigenvalue weighted by Crippen LogP contribution is 2.21. The average molecular weight is 215 g/mol. The van der Waals surface area contributed by atoms with Gasteiger partial charge in [-0.25, -0.2) is 0 Å². The first-order chi connectivity index (χ1) is 6.38. The van der Waals surface area contributed by atoms with Gasteiger partial charge in [-0.15, -0.1) is 12.4 Å². The van der Waals surface area contributed by atoms with Gasteiger partial charge in [-0.2, -0.15) is 4.73 Å². The van der Waals surface area contributed by atoms with Crippen molar-refractivity contribution in [3.63, 3.8) is 0 Å². The minimum atomic E-state index is 0. The van der Waals surface area contributed by atoms with Gasteiger partial charge in [0.05, 0.1) is 0 Å². The van der Waals surface area contributed by atoms with Gasteiger partial charge in [0.15, 0.2) is 11.9 Å². The van der Waals surface area contributed by atoms with Crippen LogP contribution in [0.2, 0.25) is 0 Å². The van der Waals surface area contributed by atoms with Crippen LogP contribution in [0.25, 0.3) is 0 Å². The summed E-state index contributed by atoms with van der Waals surface area (Å²) in [5, 5.41) is 14.7. The molecule has 2 rings (SSSR count). The Bertz CT molecular complexity index is 287. The molecule has 0 aromatic carbocycles. The monoisotopic (exact) mass is 214 g/mol. The Balaban J connectivity index is 0.000000980. The lowest BCUT2D eigenvalue weighted by molar-refractivity contribution is -0.615. The van der Waals surface area contributed by atoms with E-state index in [2.05, 4.69) is 5.32 Å². The molecule has 0 bridgehead atoms. The molecule has 0 aliphatic carbocycles. The van der Waals surface area contributed by atoms with Gasteiger partial charge in [0.25, 0.3) is 0 Å². The van der Waals surface area contributed by atoms with Crippen LogP contribution >= 0.6 is 12.4 Å². The third-order valence-electron chi connectivity index (χ3n) is 2.61. The van der Waals surface area contributed by atoms with Crippen LogP contribution in [0.15, 0.2) is 24.4 Å². The fourth-order valence-electron chi connectivity index (χ4n) is 1.88. The number of nitrogens with zero attached hydrogens (tertiary/aromatic N) is 1. The molecule has 1 aliphatic rings. The summed E-state index contributed by atoms with van der Waals surface area (Å²) in [6.45, 7) is 2.05. The third kappa shape index (κ3) is 2.36. The molecule has 78 valence electrons. The zero-order valence-corrected chi connectivity index (χ0v) is 8.80. The number of hydrogen-bond acceptors (Lipinski definition) is 2. The normalized spacial score (nSPS) is 17.4. The molecule has 0 amide bonds. The van der Waals surface area contributed by atoms with E-state index < -0.39 is 0 Å². The van der Waals surface area contributed by atoms with Crippen LogP contribution in [-0.4, -0.2) is 13.1 Å². The first kappa shape index (κ1) is 11.3. The Kier molecular flexibility index (Phi) is 4.17. The van der Waals surface area contributed by atoms with E-state index in [1.807, 2.05) is 12.1 Å². The maximum atomic E-state index is 11.4. The summed E-state index contributed by atoms with van der Waals surface area (Å²) in [5.74, 6) is 0.444. The van der Waals surface area contributed by atoms with Crippen molar-refractivity contribution in [3.8, 4) is 0 Å². The second kappa shape index (κ2) is 5.17. The molecule has 1 aromatic heterocycles. The van der Waals surface area contributed by atoms with Gasteiger partial charge in [0.2, 0.25) is 0 Å². The van der Waals surface area contributed by atoms with E-state index in [1.165, 1.54) is 0 Å². The van der Waals surface area contributed by atoms with Crippen molar-refractivity contribution in [1.29, 1.82) is 0 Å². The van der Waals surface area contributed by atoms with Gasteiger partial charge >= 0.3 is 0 Å². The highest BCUT2D eigenvalue weighted by atomic mass is 35.5. The molecule has 0 radical (unpaired) electrons. The molecule has 1 fully saturated rings. The Hall–Kier alpha value is -0.800. The summed E-state index contributed by atoms with van der Waals surface area (Å²) in [7, 11) is 0. The van der Waals surface area contributed by atoms with E-state index in [-0.39, 0.29) is 12.4 Å². The molecule has 1 aromatic rings. The summed E-state index contributed by atoms with van der Waals surface area (Å²) >= 11 is 0. The predicted molar refractivity (Wildman–Crippen MR) is 57.5 cm³/mol. The first-order valence-corrected chi connectivity index (χ1v) is 4.77. The SMILES string of the molecule is Cl.[O-][n+]1ccccc1C1CCNCC1. The molecule has 1 saturated heterocycles. The van der Waals surface area contributed by atoms with Gasteiger partial charge in [-0.3, -0.25) is 0 Å². The van der Waals surface area contributed by atoms with E-state index in [1.54, 1.807) is 12.3 Å². The van der Waals surface area contributed by atoms with Crippen LogP contribution < -0.4 is 10.0 Å². The molecule has 1 N–H and O–H groups in total. The summed E-state index contributed by atoms with van der Waals surface area (Å²) in [6, 6.07) is 5.65. The zero-order chi connectivity index (χ0) is 9.10. The molecule has 3 nitrogen and oxygen atoms in total. The summed E-state index contributed by atoms with van der Waals surface area (Å²) in [5.41, 5.74) is 0.920. The van der Waals surface area contributed by atoms with E-state index in [0.29, 0.717) is 5.92 Å². The maximum Gasteiger partial charge on any atom is 0.195 e. The highest BCUT2D eigenvalue weighted by molar-refractivity contribution is 5.85. The largest absolute Gasteiger partial charge is 0.618 e. The van der Waals surface area contributed by atoms with Crippen molar-refractivity contribution in [3.05, 3.63) is 35.3 Å². The number of hydrogen-bond donors (Lipinski definition) is 1. The second-order valence-electron chi connectivity index (χ2n) is 3.48. The molecule has 14 heavy (non-hydrogen) atoms. The molecule has 0 atom stereocenters. The van der Waals surface area contributed by atoms with Gasteiger partial charge in [0.1, 0.15) is 0 Å². The lowest BCUT2D eigenvalue weighted by Crippen LogP contribution is -2.36. The Morgan fingerprint density at radius 3 is 2.64 bits per heavy atom. The maximum absolute atomic E-state index is 11.4. The number of piperidine rings is 1. The lowest BCUT2D eigenvalue weighted by Gasteiger charge is -2.21. The predicted octanol–water partition coefficient (Wildman–Crippen LogP) is 1.21. The van der Waals surface area contributed by atoms with Crippen LogP contribution in [0.4, 0.5) is 0 Å². The van der Waals surface area contributed by atoms with Crippen molar-refractivity contribution in [2.75, 3.05) is 13.1 Å². The minimum absolute atomic E-state index is 0. The van der Waals surface area contributed by atoms with Gasteiger partial charge in [0, 0.05) is 18.1 Å². The zero-order valence-electron chi connectivity index (χ0n) is 7.98. The van der Waals surface area contributed by atoms with Gasteiger partial charge in [-0.1, -0.05) is 6.07 Å². The molecular weight excluding hydrogens is 200 g/mol. The second-order valence-corrected chi connectivity index (χ2v) is 3.48. The Morgan fingerprint density at radius 1 is 1.29 bits per heavy atom. The topological polar surface area (TPSA) is 39.0 Å². The number of aromatic nitrogens is 1. The molecule has 4 heteroatoms. The number of nitrogens with one attached hydrogen (secondary N) is 1. The third-order valence-corrected chi connectivity index (χ3v) is 2.61. The van der Waals surface area contributed by atoms with Crippen molar-refractivity contribution in [2.45, 2.75) is 18.8 Å². The van der Waals surface area contributed by atoms with Crippen molar-refractivity contribution in [1.82, 2.24) is 5.32 Å². The van der Waals surface area contributed by atoms with Gasteiger partial charge < -0.3 is 10.5 Å². The van der Waals surface area contributed by atoms with Gasteiger partial charge in [-0.05, 0) is 25.9 Å². The summed E-state index contributed by atoms with van der Waals surface area (Å²) < 4.78 is 0.996. The first-order valence-electron chi connectivity index (χ1n) is 4.77. The molecule has 0 saturated carbocycles. The fourth-order valence-corrected chi connectivity index (χ4v) is 1.88. The lowest BCUT2D eigenvalue weighted by atomic mass is 9.94.